The van der Waals surface area contributed by atoms with Gasteiger partial charge < -0.3 is 4.90 Å². The summed E-state index contributed by atoms with van der Waals surface area (Å²) < 4.78 is 0. The van der Waals surface area contributed by atoms with Crippen LogP contribution in [0.5, 0.6) is 0 Å². The van der Waals surface area contributed by atoms with E-state index in [2.05, 4.69) is 29.5 Å². The molecule has 1 aliphatic heterocycles. The van der Waals surface area contributed by atoms with Crippen LogP contribution in [-0.2, 0) is 0 Å². The van der Waals surface area contributed by atoms with Crippen LogP contribution in [0.15, 0.2) is 41.2 Å². The van der Waals surface area contributed by atoms with Crippen molar-refractivity contribution in [2.45, 2.75) is 58.8 Å². The monoisotopic (exact) mass is 272 g/mol. The highest BCUT2D eigenvalue weighted by atomic mass is 15.2. The number of hydrogen-bond donors (Lipinski definition) is 0. The molecule has 0 aromatic rings. The van der Waals surface area contributed by atoms with Gasteiger partial charge in [0.05, 0.1) is 0 Å². The molecule has 20 heavy (non-hydrogen) atoms. The first-order chi connectivity index (χ1) is 9.76. The minimum atomic E-state index is 0.825. The van der Waals surface area contributed by atoms with E-state index in [-0.39, 0.29) is 0 Å². The van der Waals surface area contributed by atoms with Gasteiger partial charge in [-0.3, -0.25) is 0 Å². The van der Waals surface area contributed by atoms with Crippen molar-refractivity contribution in [2.24, 2.45) is 10.9 Å². The van der Waals surface area contributed by atoms with Gasteiger partial charge in [0.25, 0.3) is 0 Å². The molecule has 0 amide bonds. The fourth-order valence-electron chi connectivity index (χ4n) is 3.25. The Balaban J connectivity index is 2.13. The highest BCUT2D eigenvalue weighted by molar-refractivity contribution is 6.04. The van der Waals surface area contributed by atoms with Crippen LogP contribution >= 0.6 is 0 Å². The van der Waals surface area contributed by atoms with E-state index in [4.69, 9.17) is 0 Å². The molecule has 110 valence electrons. The Labute approximate surface area is 124 Å². The zero-order chi connectivity index (χ0) is 14.4. The van der Waals surface area contributed by atoms with Gasteiger partial charge in [-0.1, -0.05) is 45.3 Å². The van der Waals surface area contributed by atoms with Crippen LogP contribution in [0, 0.1) is 5.92 Å². The lowest BCUT2D eigenvalue weighted by atomic mass is 9.89. The van der Waals surface area contributed by atoms with Gasteiger partial charge >= 0.3 is 0 Å². The highest BCUT2D eigenvalue weighted by Crippen LogP contribution is 2.30. The molecule has 2 heteroatoms. The number of hydrogen-bond acceptors (Lipinski definition) is 1. The standard InChI is InChI=1S/C18H28N2/c1-4-9-17-13-15(3)18(19-12-5-2)20(17)14-16-10-7-6-8-11-16/h5,12-13,16H,3-4,6-11,14H2,1-2H3/b12-5-,19-18?. The second kappa shape index (κ2) is 7.47. The predicted molar refractivity (Wildman–Crippen MR) is 87.7 cm³/mol. The number of rotatable bonds is 5. The molecular formula is C18H28N2. The second-order valence-electron chi connectivity index (χ2n) is 5.96. The molecule has 0 bridgehead atoms. The van der Waals surface area contributed by atoms with Crippen LogP contribution < -0.4 is 0 Å². The molecule has 2 rings (SSSR count). The molecule has 0 radical (unpaired) electrons. The first-order valence-electron chi connectivity index (χ1n) is 8.12. The minimum Gasteiger partial charge on any atom is -0.329 e. The molecule has 2 nitrogen and oxygen atoms in total. The van der Waals surface area contributed by atoms with Crippen LogP contribution in [0.1, 0.15) is 58.8 Å². The highest BCUT2D eigenvalue weighted by Gasteiger charge is 2.27. The van der Waals surface area contributed by atoms with Gasteiger partial charge in [-0.25, -0.2) is 4.99 Å². The van der Waals surface area contributed by atoms with Gasteiger partial charge in [-0.05, 0) is 38.2 Å². The van der Waals surface area contributed by atoms with E-state index >= 15 is 0 Å². The topological polar surface area (TPSA) is 15.6 Å². The lowest BCUT2D eigenvalue weighted by Gasteiger charge is -2.30. The summed E-state index contributed by atoms with van der Waals surface area (Å²) in [5, 5.41) is 0. The third-order valence-electron chi connectivity index (χ3n) is 4.25. The molecule has 2 aliphatic rings. The summed E-state index contributed by atoms with van der Waals surface area (Å²) in [6.45, 7) is 9.55. The van der Waals surface area contributed by atoms with Crippen molar-refractivity contribution < 1.29 is 0 Å². The number of nitrogens with zero attached hydrogens (tertiary/aromatic N) is 2. The molecule has 0 atom stereocenters. The van der Waals surface area contributed by atoms with Gasteiger partial charge in [0, 0.05) is 24.0 Å². The van der Waals surface area contributed by atoms with Crippen LogP contribution in [0.2, 0.25) is 0 Å². The molecule has 1 heterocycles. The average Bonchev–Trinajstić information content (AvgIpc) is 2.74. The Kier molecular flexibility index (Phi) is 5.63. The van der Waals surface area contributed by atoms with Gasteiger partial charge in [-0.15, -0.1) is 0 Å². The largest absolute Gasteiger partial charge is 0.329 e. The van der Waals surface area contributed by atoms with Crippen molar-refractivity contribution in [3.63, 3.8) is 0 Å². The Morgan fingerprint density at radius 1 is 1.35 bits per heavy atom. The van der Waals surface area contributed by atoms with Crippen molar-refractivity contribution in [1.29, 1.82) is 0 Å². The molecule has 1 aliphatic carbocycles. The van der Waals surface area contributed by atoms with Crippen molar-refractivity contribution in [3.05, 3.63) is 36.2 Å². The van der Waals surface area contributed by atoms with E-state index in [1.807, 2.05) is 19.2 Å². The summed E-state index contributed by atoms with van der Waals surface area (Å²) >= 11 is 0. The molecule has 0 N–H and O–H groups in total. The Morgan fingerprint density at radius 3 is 2.75 bits per heavy atom. The zero-order valence-electron chi connectivity index (χ0n) is 13.1. The lowest BCUT2D eigenvalue weighted by molar-refractivity contribution is 0.298. The molecule has 0 unspecified atom stereocenters. The summed E-state index contributed by atoms with van der Waals surface area (Å²) in [4.78, 5) is 7.04. The lowest BCUT2D eigenvalue weighted by Crippen LogP contribution is -2.32. The van der Waals surface area contributed by atoms with E-state index in [0.717, 1.165) is 30.3 Å². The fraction of sp³-hybridized carbons (Fsp3) is 0.611. The van der Waals surface area contributed by atoms with E-state index in [1.165, 1.54) is 44.2 Å². The summed E-state index contributed by atoms with van der Waals surface area (Å²) in [6, 6.07) is 0. The normalized spacial score (nSPS) is 23.1. The van der Waals surface area contributed by atoms with Gasteiger partial charge in [0.1, 0.15) is 5.84 Å². The van der Waals surface area contributed by atoms with Gasteiger partial charge in [0.15, 0.2) is 0 Å². The Hall–Kier alpha value is -1.31. The maximum absolute atomic E-state index is 4.61. The van der Waals surface area contributed by atoms with Crippen molar-refractivity contribution in [3.8, 4) is 0 Å². The van der Waals surface area contributed by atoms with Crippen LogP contribution in [0.4, 0.5) is 0 Å². The minimum absolute atomic E-state index is 0.825. The van der Waals surface area contributed by atoms with E-state index in [9.17, 15) is 0 Å². The SMILES string of the molecule is C=C1C=C(CCC)N(CC2CCCCC2)C1=N/C=C\C. The Bertz CT molecular complexity index is 423. The second-order valence-corrected chi connectivity index (χ2v) is 5.96. The van der Waals surface area contributed by atoms with E-state index < -0.39 is 0 Å². The number of aliphatic imine (C=N–C) groups is 1. The molecular weight excluding hydrogens is 244 g/mol. The van der Waals surface area contributed by atoms with E-state index in [0.29, 0.717) is 0 Å². The predicted octanol–water partition coefficient (Wildman–Crippen LogP) is 5.05. The summed E-state index contributed by atoms with van der Waals surface area (Å²) in [5.41, 5.74) is 2.48. The van der Waals surface area contributed by atoms with Crippen LogP contribution in [0.3, 0.4) is 0 Å². The average molecular weight is 272 g/mol. The van der Waals surface area contributed by atoms with Gasteiger partial charge in [-0.2, -0.15) is 0 Å². The van der Waals surface area contributed by atoms with Crippen LogP contribution in [0.25, 0.3) is 0 Å². The number of allylic oxidation sites excluding steroid dienone is 2. The van der Waals surface area contributed by atoms with Gasteiger partial charge in [0.2, 0.25) is 0 Å². The first-order valence-corrected chi connectivity index (χ1v) is 8.12. The maximum Gasteiger partial charge on any atom is 0.139 e. The van der Waals surface area contributed by atoms with Crippen molar-refractivity contribution in [1.82, 2.24) is 4.90 Å². The zero-order valence-corrected chi connectivity index (χ0v) is 13.1. The summed E-state index contributed by atoms with van der Waals surface area (Å²) in [7, 11) is 0. The fourth-order valence-corrected chi connectivity index (χ4v) is 3.25. The smallest absolute Gasteiger partial charge is 0.139 e. The summed E-state index contributed by atoms with van der Waals surface area (Å²) in [5.74, 6) is 1.89. The molecule has 1 saturated carbocycles. The van der Waals surface area contributed by atoms with Crippen molar-refractivity contribution >= 4 is 5.84 Å². The quantitative estimate of drug-likeness (QED) is 0.683. The molecule has 0 aromatic carbocycles. The van der Waals surface area contributed by atoms with Crippen LogP contribution in [-0.4, -0.2) is 17.3 Å². The van der Waals surface area contributed by atoms with Crippen molar-refractivity contribution in [2.75, 3.05) is 6.54 Å². The Morgan fingerprint density at radius 2 is 2.10 bits per heavy atom. The third kappa shape index (κ3) is 3.62. The maximum atomic E-state index is 4.61. The number of amidine groups is 1. The summed E-state index contributed by atoms with van der Waals surface area (Å²) in [6.07, 6.45) is 15.4. The third-order valence-corrected chi connectivity index (χ3v) is 4.25. The molecule has 0 spiro atoms. The molecule has 1 fully saturated rings. The molecule has 0 aromatic heterocycles. The van der Waals surface area contributed by atoms with E-state index in [1.54, 1.807) is 0 Å². The molecule has 0 saturated heterocycles. The first kappa shape index (κ1) is 15.1.